The Morgan fingerprint density at radius 3 is 2.57 bits per heavy atom. The van der Waals surface area contributed by atoms with E-state index in [1.54, 1.807) is 26.0 Å². The molecule has 0 aliphatic carbocycles. The minimum Gasteiger partial charge on any atom is -0.480 e. The molecule has 1 aromatic rings. The van der Waals surface area contributed by atoms with Gasteiger partial charge in [-0.25, -0.2) is 4.79 Å². The number of aliphatic carboxylic acids is 1. The summed E-state index contributed by atoms with van der Waals surface area (Å²) in [5.74, 6) is -3.35. The number of imide groups is 1. The van der Waals surface area contributed by atoms with E-state index < -0.39 is 35.8 Å². The van der Waals surface area contributed by atoms with Gasteiger partial charge in [0.25, 0.3) is 11.8 Å². The van der Waals surface area contributed by atoms with Gasteiger partial charge < -0.3 is 15.3 Å². The molecule has 0 bridgehead atoms. The van der Waals surface area contributed by atoms with Crippen molar-refractivity contribution in [3.63, 3.8) is 0 Å². The number of piperidine rings is 1. The van der Waals surface area contributed by atoms with E-state index in [0.29, 0.717) is 11.1 Å². The molecule has 0 aromatic heterocycles. The van der Waals surface area contributed by atoms with Crippen LogP contribution in [0.4, 0.5) is 0 Å². The van der Waals surface area contributed by atoms with Crippen molar-refractivity contribution in [2.75, 3.05) is 0 Å². The zero-order valence-corrected chi connectivity index (χ0v) is 15.5. The molecule has 148 valence electrons. The molecule has 2 aliphatic heterocycles. The zero-order valence-electron chi connectivity index (χ0n) is 15.5. The van der Waals surface area contributed by atoms with Gasteiger partial charge >= 0.3 is 5.97 Å². The Kier molecular flexibility index (Phi) is 5.17. The summed E-state index contributed by atoms with van der Waals surface area (Å²) in [6, 6.07) is 2.79. The van der Waals surface area contributed by atoms with E-state index in [0.717, 1.165) is 0 Å². The highest BCUT2D eigenvalue weighted by molar-refractivity contribution is 6.08. The summed E-state index contributed by atoms with van der Waals surface area (Å²) < 4.78 is 0. The maximum Gasteiger partial charge on any atom is 0.326 e. The van der Waals surface area contributed by atoms with E-state index in [2.05, 4.69) is 10.6 Å². The van der Waals surface area contributed by atoms with E-state index in [4.69, 9.17) is 0 Å². The van der Waals surface area contributed by atoms with Crippen molar-refractivity contribution < 1.29 is 29.1 Å². The molecule has 2 atom stereocenters. The normalized spacial score (nSPS) is 20.0. The van der Waals surface area contributed by atoms with Crippen molar-refractivity contribution in [1.82, 2.24) is 15.5 Å². The minimum absolute atomic E-state index is 0.0451. The number of nitrogens with one attached hydrogen (secondary N) is 2. The molecule has 9 heteroatoms. The summed E-state index contributed by atoms with van der Waals surface area (Å²) >= 11 is 0. The smallest absolute Gasteiger partial charge is 0.326 e. The Morgan fingerprint density at radius 2 is 1.96 bits per heavy atom. The molecule has 9 nitrogen and oxygen atoms in total. The third-order valence-corrected chi connectivity index (χ3v) is 5.05. The van der Waals surface area contributed by atoms with Gasteiger partial charge in [0.15, 0.2) is 0 Å². The maximum absolute atomic E-state index is 12.8. The van der Waals surface area contributed by atoms with E-state index in [-0.39, 0.29) is 36.8 Å². The van der Waals surface area contributed by atoms with Crippen molar-refractivity contribution in [2.24, 2.45) is 5.92 Å². The number of amides is 4. The van der Waals surface area contributed by atoms with Gasteiger partial charge in [0, 0.05) is 24.1 Å². The Balaban J connectivity index is 1.86. The van der Waals surface area contributed by atoms with Gasteiger partial charge in [0.1, 0.15) is 12.1 Å². The fraction of sp³-hybridized carbons (Fsp3) is 0.421. The zero-order chi connectivity index (χ0) is 20.6. The first-order valence-electron chi connectivity index (χ1n) is 9.01. The number of benzene rings is 1. The van der Waals surface area contributed by atoms with Crippen LogP contribution in [0.2, 0.25) is 0 Å². The number of fused-ring (bicyclic) bond motifs is 1. The Hall–Kier alpha value is -3.23. The van der Waals surface area contributed by atoms with Gasteiger partial charge in [-0.15, -0.1) is 0 Å². The van der Waals surface area contributed by atoms with E-state index >= 15 is 0 Å². The lowest BCUT2D eigenvalue weighted by molar-refractivity contribution is -0.140. The third-order valence-electron chi connectivity index (χ3n) is 5.05. The summed E-state index contributed by atoms with van der Waals surface area (Å²) in [5, 5.41) is 14.0. The average Bonchev–Trinajstić information content (AvgIpc) is 2.95. The first kappa shape index (κ1) is 19.5. The topological polar surface area (TPSA) is 133 Å². The third kappa shape index (κ3) is 3.47. The van der Waals surface area contributed by atoms with Gasteiger partial charge in [-0.1, -0.05) is 19.9 Å². The molecular formula is C19H21N3O6. The van der Waals surface area contributed by atoms with Crippen LogP contribution in [0.25, 0.3) is 0 Å². The second-order valence-corrected chi connectivity index (χ2v) is 7.27. The van der Waals surface area contributed by atoms with E-state index in [1.165, 1.54) is 11.0 Å². The van der Waals surface area contributed by atoms with Crippen LogP contribution in [0.3, 0.4) is 0 Å². The second kappa shape index (κ2) is 7.41. The lowest BCUT2D eigenvalue weighted by Gasteiger charge is -2.29. The van der Waals surface area contributed by atoms with Crippen molar-refractivity contribution in [1.29, 1.82) is 0 Å². The van der Waals surface area contributed by atoms with Crippen molar-refractivity contribution in [2.45, 2.75) is 45.3 Å². The van der Waals surface area contributed by atoms with Crippen LogP contribution in [-0.4, -0.2) is 51.7 Å². The number of carbonyl (C=O) groups is 5. The molecule has 3 rings (SSSR count). The number of nitrogens with zero attached hydrogens (tertiary/aromatic N) is 1. The van der Waals surface area contributed by atoms with Gasteiger partial charge in [-0.05, 0) is 30.0 Å². The Morgan fingerprint density at radius 1 is 1.25 bits per heavy atom. The summed E-state index contributed by atoms with van der Waals surface area (Å²) in [6.07, 6.45) is 0.360. The molecule has 1 fully saturated rings. The molecule has 1 aromatic carbocycles. The van der Waals surface area contributed by atoms with Crippen LogP contribution >= 0.6 is 0 Å². The van der Waals surface area contributed by atoms with Crippen LogP contribution in [-0.2, 0) is 20.9 Å². The minimum atomic E-state index is -1.14. The lowest BCUT2D eigenvalue weighted by Crippen LogP contribution is -2.52. The lowest BCUT2D eigenvalue weighted by atomic mass is 10.0. The quantitative estimate of drug-likeness (QED) is 0.622. The SMILES string of the molecule is CC(C)[C@H](NC(=O)c1cccc2c1CN(C1CCC(=O)NC1=O)C2=O)C(=O)O. The number of hydrogen-bond donors (Lipinski definition) is 3. The van der Waals surface area contributed by atoms with Gasteiger partial charge in [0.05, 0.1) is 0 Å². The molecule has 2 aliphatic rings. The Labute approximate surface area is 161 Å². The largest absolute Gasteiger partial charge is 0.480 e. The molecule has 1 unspecified atom stereocenters. The maximum atomic E-state index is 12.8. The number of carboxylic acid groups (broad SMARTS) is 1. The molecule has 0 saturated carbocycles. The fourth-order valence-corrected chi connectivity index (χ4v) is 3.53. The van der Waals surface area contributed by atoms with Gasteiger partial charge in [0.2, 0.25) is 11.8 Å². The standard InChI is InChI=1S/C19H21N3O6/c1-9(2)15(19(27)28)21-16(24)10-4-3-5-11-12(10)8-22(18(11)26)13-6-7-14(23)20-17(13)25/h3-5,9,13,15H,6-8H2,1-2H3,(H,21,24)(H,27,28)(H,20,23,25)/t13?,15-/m0/s1. The van der Waals surface area contributed by atoms with Crippen LogP contribution in [0.1, 0.15) is 53.0 Å². The van der Waals surface area contributed by atoms with Crippen molar-refractivity contribution in [3.05, 3.63) is 34.9 Å². The number of rotatable bonds is 5. The van der Waals surface area contributed by atoms with Crippen LogP contribution in [0.5, 0.6) is 0 Å². The van der Waals surface area contributed by atoms with Crippen molar-refractivity contribution in [3.8, 4) is 0 Å². The molecule has 1 saturated heterocycles. The molecular weight excluding hydrogens is 366 g/mol. The fourth-order valence-electron chi connectivity index (χ4n) is 3.53. The summed E-state index contributed by atoms with van der Waals surface area (Å²) in [5.41, 5.74) is 0.948. The van der Waals surface area contributed by atoms with Crippen LogP contribution in [0, 0.1) is 5.92 Å². The highest BCUT2D eigenvalue weighted by atomic mass is 16.4. The molecule has 0 radical (unpaired) electrons. The number of carbonyl (C=O) groups excluding carboxylic acids is 4. The monoisotopic (exact) mass is 387 g/mol. The first-order chi connectivity index (χ1) is 13.2. The van der Waals surface area contributed by atoms with Crippen LogP contribution in [0.15, 0.2) is 18.2 Å². The second-order valence-electron chi connectivity index (χ2n) is 7.27. The van der Waals surface area contributed by atoms with Crippen LogP contribution < -0.4 is 10.6 Å². The predicted octanol–water partition coefficient (Wildman–Crippen LogP) is 0.287. The number of hydrogen-bond acceptors (Lipinski definition) is 5. The average molecular weight is 387 g/mol. The summed E-state index contributed by atoms with van der Waals surface area (Å²) in [6.45, 7) is 3.41. The highest BCUT2D eigenvalue weighted by Crippen LogP contribution is 2.30. The van der Waals surface area contributed by atoms with Crippen molar-refractivity contribution >= 4 is 29.6 Å². The van der Waals surface area contributed by atoms with E-state index in [9.17, 15) is 29.1 Å². The molecule has 28 heavy (non-hydrogen) atoms. The molecule has 0 spiro atoms. The van der Waals surface area contributed by atoms with Gasteiger partial charge in [-0.2, -0.15) is 0 Å². The summed E-state index contributed by atoms with van der Waals surface area (Å²) in [7, 11) is 0. The molecule has 4 amide bonds. The number of carboxylic acids is 1. The van der Waals surface area contributed by atoms with Gasteiger partial charge in [-0.3, -0.25) is 24.5 Å². The molecule has 2 heterocycles. The van der Waals surface area contributed by atoms with E-state index in [1.807, 2.05) is 0 Å². The molecule has 3 N–H and O–H groups in total. The predicted molar refractivity (Wildman–Crippen MR) is 96.2 cm³/mol. The highest BCUT2D eigenvalue weighted by Gasteiger charge is 2.40. The summed E-state index contributed by atoms with van der Waals surface area (Å²) in [4.78, 5) is 61.7. The first-order valence-corrected chi connectivity index (χ1v) is 9.01. The Bertz CT molecular complexity index is 878.